The van der Waals surface area contributed by atoms with E-state index in [1.54, 1.807) is 0 Å². The molecule has 34 valence electrons. The van der Waals surface area contributed by atoms with Crippen molar-refractivity contribution in [2.24, 2.45) is 0 Å². The molecule has 0 spiro atoms. The molecule has 0 heterocycles. The average molecular weight is 385 g/mol. The summed E-state index contributed by atoms with van der Waals surface area (Å²) in [6, 6.07) is 0. The first-order valence-electron chi connectivity index (χ1n) is 0. The van der Waals surface area contributed by atoms with Gasteiger partial charge in [-0.1, -0.05) is 0 Å². The Morgan fingerprint density at radius 2 is 0.400 bits per heavy atom. The standard InChI is InChI=1S/4BrH.Zn/h4*1H;/p-4. The van der Waals surface area contributed by atoms with Crippen molar-refractivity contribution in [3.63, 3.8) is 0 Å². The van der Waals surface area contributed by atoms with E-state index in [2.05, 4.69) is 0 Å². The molecule has 0 aliphatic carbocycles. The van der Waals surface area contributed by atoms with Crippen LogP contribution in [0.3, 0.4) is 0 Å². The number of hydrogen-bond donors (Lipinski definition) is 0. The Morgan fingerprint density at radius 1 is 0.400 bits per heavy atom. The third-order valence-corrected chi connectivity index (χ3v) is 0. The molecule has 0 aromatic rings. The van der Waals surface area contributed by atoms with Crippen molar-refractivity contribution in [1.29, 1.82) is 0 Å². The van der Waals surface area contributed by atoms with Crippen molar-refractivity contribution in [2.75, 3.05) is 0 Å². The Kier molecular flexibility index (Phi) is 310. The topological polar surface area (TPSA) is 0 Å². The van der Waals surface area contributed by atoms with Crippen LogP contribution in [0, 0.1) is 0 Å². The SMILES string of the molecule is [Br-].[Br-].[Br-].[Br-].[Zn]. The maximum absolute atomic E-state index is 0. The summed E-state index contributed by atoms with van der Waals surface area (Å²) in [6.45, 7) is 0. The zero-order chi connectivity index (χ0) is 0. The van der Waals surface area contributed by atoms with E-state index in [0.717, 1.165) is 0 Å². The molecule has 5 heavy (non-hydrogen) atoms. The average Bonchev–Trinajstić information content (AvgIpc) is 0. The van der Waals surface area contributed by atoms with Crippen molar-refractivity contribution in [3.8, 4) is 0 Å². The monoisotopic (exact) mass is 380 g/mol. The van der Waals surface area contributed by atoms with Crippen LogP contribution in [0.25, 0.3) is 0 Å². The molecule has 0 N–H and O–H groups in total. The Morgan fingerprint density at radius 3 is 0.400 bits per heavy atom. The van der Waals surface area contributed by atoms with Gasteiger partial charge in [0, 0.05) is 19.5 Å². The molecule has 0 aromatic heterocycles. The fourth-order valence-corrected chi connectivity index (χ4v) is 0. The van der Waals surface area contributed by atoms with Crippen LogP contribution in [0.2, 0.25) is 0 Å². The van der Waals surface area contributed by atoms with Crippen molar-refractivity contribution < 1.29 is 87.4 Å². The van der Waals surface area contributed by atoms with Gasteiger partial charge >= 0.3 is 0 Å². The van der Waals surface area contributed by atoms with Crippen molar-refractivity contribution in [1.82, 2.24) is 0 Å². The molecular formula is Br4Zn-4. The predicted molar refractivity (Wildman–Crippen MR) is 0 cm³/mol. The zero-order valence-corrected chi connectivity index (χ0v) is 11.5. The summed E-state index contributed by atoms with van der Waals surface area (Å²) >= 11 is 0. The van der Waals surface area contributed by atoms with Crippen LogP contribution in [0.4, 0.5) is 0 Å². The summed E-state index contributed by atoms with van der Waals surface area (Å²) in [5.74, 6) is 0. The fraction of sp³-hybridized carbons (Fsp3) is 0. The molecule has 0 saturated carbocycles. The van der Waals surface area contributed by atoms with Gasteiger partial charge in [-0.2, -0.15) is 0 Å². The minimum atomic E-state index is 0. The number of hydrogen-bond acceptors (Lipinski definition) is 0. The number of halogens is 4. The summed E-state index contributed by atoms with van der Waals surface area (Å²) in [7, 11) is 0. The van der Waals surface area contributed by atoms with E-state index in [1.807, 2.05) is 0 Å². The molecule has 0 unspecified atom stereocenters. The Hall–Kier alpha value is 2.54. The van der Waals surface area contributed by atoms with Crippen LogP contribution in [0.5, 0.6) is 0 Å². The van der Waals surface area contributed by atoms with Crippen molar-refractivity contribution in [2.45, 2.75) is 0 Å². The molecule has 0 aromatic carbocycles. The smallest absolute Gasteiger partial charge is 0 e. The van der Waals surface area contributed by atoms with E-state index in [4.69, 9.17) is 0 Å². The molecule has 0 saturated heterocycles. The van der Waals surface area contributed by atoms with Crippen LogP contribution in [-0.2, 0) is 19.5 Å². The van der Waals surface area contributed by atoms with Gasteiger partial charge in [0.2, 0.25) is 0 Å². The van der Waals surface area contributed by atoms with Crippen LogP contribution in [0.1, 0.15) is 0 Å². The van der Waals surface area contributed by atoms with Crippen LogP contribution in [-0.4, -0.2) is 0 Å². The van der Waals surface area contributed by atoms with Gasteiger partial charge in [0.15, 0.2) is 0 Å². The zero-order valence-electron chi connectivity index (χ0n) is 2.22. The van der Waals surface area contributed by atoms with E-state index < -0.39 is 0 Å². The van der Waals surface area contributed by atoms with Crippen LogP contribution < -0.4 is 67.9 Å². The minimum absolute atomic E-state index is 0. The molecule has 0 fully saturated rings. The normalized spacial score (nSPS) is 0. The van der Waals surface area contributed by atoms with Crippen molar-refractivity contribution >= 4 is 0 Å². The van der Waals surface area contributed by atoms with E-state index in [0.29, 0.717) is 0 Å². The van der Waals surface area contributed by atoms with Gasteiger partial charge in [0.05, 0.1) is 0 Å². The van der Waals surface area contributed by atoms with Crippen LogP contribution >= 0.6 is 0 Å². The second-order valence-corrected chi connectivity index (χ2v) is 0. The maximum Gasteiger partial charge on any atom is 0 e. The molecule has 0 nitrogen and oxygen atoms in total. The van der Waals surface area contributed by atoms with Crippen LogP contribution in [0.15, 0.2) is 0 Å². The third-order valence-electron chi connectivity index (χ3n) is 0. The Bertz CT molecular complexity index is 3.61. The van der Waals surface area contributed by atoms with E-state index in [9.17, 15) is 0 Å². The van der Waals surface area contributed by atoms with Gasteiger partial charge in [-0.05, 0) is 0 Å². The molecular weight excluding hydrogens is 385 g/mol. The van der Waals surface area contributed by atoms with E-state index >= 15 is 0 Å². The first-order chi connectivity index (χ1) is 0. The Labute approximate surface area is 86.3 Å². The maximum atomic E-state index is 0. The molecule has 5 heteroatoms. The molecule has 0 rings (SSSR count). The van der Waals surface area contributed by atoms with E-state index in [1.165, 1.54) is 0 Å². The fourth-order valence-electron chi connectivity index (χ4n) is 0. The molecule has 0 amide bonds. The van der Waals surface area contributed by atoms with Gasteiger partial charge in [-0.15, -0.1) is 0 Å². The molecule has 0 bridgehead atoms. The van der Waals surface area contributed by atoms with Gasteiger partial charge in [0.25, 0.3) is 0 Å². The largest absolute Gasteiger partial charge is 1.00 e. The second kappa shape index (κ2) is 31.1. The molecule has 0 aliphatic heterocycles. The van der Waals surface area contributed by atoms with Crippen molar-refractivity contribution in [3.05, 3.63) is 0 Å². The summed E-state index contributed by atoms with van der Waals surface area (Å²) in [6.07, 6.45) is 0. The first-order valence-corrected chi connectivity index (χ1v) is 0. The second-order valence-electron chi connectivity index (χ2n) is 0. The molecule has 0 radical (unpaired) electrons. The molecule has 0 aliphatic rings. The Balaban J connectivity index is 0. The summed E-state index contributed by atoms with van der Waals surface area (Å²) in [5.41, 5.74) is 0. The quantitative estimate of drug-likeness (QED) is 0.364. The van der Waals surface area contributed by atoms with Gasteiger partial charge in [-0.25, -0.2) is 0 Å². The minimum Gasteiger partial charge on any atom is -1.00 e. The first kappa shape index (κ1) is 49.9. The van der Waals surface area contributed by atoms with E-state index in [-0.39, 0.29) is 87.4 Å². The summed E-state index contributed by atoms with van der Waals surface area (Å²) < 4.78 is 0. The van der Waals surface area contributed by atoms with Gasteiger partial charge in [0.1, 0.15) is 0 Å². The molecule has 0 atom stereocenters. The summed E-state index contributed by atoms with van der Waals surface area (Å²) in [5, 5.41) is 0. The number of rotatable bonds is 0. The third kappa shape index (κ3) is 20.9. The summed E-state index contributed by atoms with van der Waals surface area (Å²) in [4.78, 5) is 0. The van der Waals surface area contributed by atoms with Gasteiger partial charge in [-0.3, -0.25) is 0 Å². The predicted octanol–water partition coefficient (Wildman–Crippen LogP) is -12.0. The van der Waals surface area contributed by atoms with Gasteiger partial charge < -0.3 is 67.9 Å².